The smallest absolute Gasteiger partial charge is 1.00 e. The van der Waals surface area contributed by atoms with Crippen LogP contribution < -0.4 is 24.8 Å². The van der Waals surface area contributed by atoms with E-state index in [0.717, 1.165) is 6.42 Å². The Kier molecular flexibility index (Phi) is 8.45. The van der Waals surface area contributed by atoms with Crippen LogP contribution in [0, 0.1) is 13.8 Å². The van der Waals surface area contributed by atoms with Crippen molar-refractivity contribution in [3.8, 4) is 0 Å². The van der Waals surface area contributed by atoms with Gasteiger partial charge in [-0.25, -0.2) is 0 Å². The van der Waals surface area contributed by atoms with Gasteiger partial charge in [-0.05, 0) is 0 Å². The summed E-state index contributed by atoms with van der Waals surface area (Å²) in [5.41, 5.74) is 8.60. The minimum atomic E-state index is -2.35. The van der Waals surface area contributed by atoms with Crippen molar-refractivity contribution in [2.75, 3.05) is 0 Å². The van der Waals surface area contributed by atoms with Gasteiger partial charge in [0.2, 0.25) is 0 Å². The van der Waals surface area contributed by atoms with E-state index in [2.05, 4.69) is 117 Å². The molecule has 5 rings (SSSR count). The fourth-order valence-corrected chi connectivity index (χ4v) is 13.8. The van der Waals surface area contributed by atoms with E-state index in [0.29, 0.717) is 3.63 Å². The van der Waals surface area contributed by atoms with Crippen molar-refractivity contribution in [1.29, 1.82) is 0 Å². The Balaban J connectivity index is 0.00000144. The Bertz CT molecular complexity index is 1200. The first-order valence-corrected chi connectivity index (χ1v) is 14.6. The van der Waals surface area contributed by atoms with Crippen LogP contribution in [0.1, 0.15) is 43.4 Å². The third-order valence-corrected chi connectivity index (χ3v) is 14.4. The average molecular weight is 537 g/mol. The van der Waals surface area contributed by atoms with E-state index in [1.165, 1.54) is 33.4 Å². The van der Waals surface area contributed by atoms with Gasteiger partial charge in [-0.15, -0.1) is 0 Å². The summed E-state index contributed by atoms with van der Waals surface area (Å²) in [4.78, 5) is 0. The van der Waals surface area contributed by atoms with E-state index in [9.17, 15) is 0 Å². The second-order valence-electron chi connectivity index (χ2n) is 8.21. The van der Waals surface area contributed by atoms with E-state index >= 15 is 0 Å². The Morgan fingerprint density at radius 2 is 1.38 bits per heavy atom. The molecule has 3 aromatic carbocycles. The summed E-state index contributed by atoms with van der Waals surface area (Å²) in [5.74, 6) is 0. The predicted octanol–water partition coefficient (Wildman–Crippen LogP) is 1.11. The van der Waals surface area contributed by atoms with E-state index < -0.39 is 21.3 Å². The third kappa shape index (κ3) is 4.62. The molecule has 0 spiro atoms. The summed E-state index contributed by atoms with van der Waals surface area (Å²) >= 11 is -2.35. The van der Waals surface area contributed by atoms with Gasteiger partial charge in [0.25, 0.3) is 0 Å². The van der Waals surface area contributed by atoms with Crippen LogP contribution in [0.2, 0.25) is 0 Å². The molecule has 1 atom stereocenters. The first-order chi connectivity index (χ1) is 14.7. The number of hydrogen-bond acceptors (Lipinski definition) is 0. The van der Waals surface area contributed by atoms with Gasteiger partial charge in [0.15, 0.2) is 0 Å². The first-order valence-electron chi connectivity index (χ1n) is 10.7. The molecule has 2 aliphatic carbocycles. The molecule has 3 aromatic rings. The van der Waals surface area contributed by atoms with Crippen LogP contribution in [0.15, 0.2) is 100 Å². The van der Waals surface area contributed by atoms with Gasteiger partial charge in [0.1, 0.15) is 0 Å². The molecular formula is C29H26Cl2Zr. The maximum absolute atomic E-state index is 2.51. The molecular weight excluding hydrogens is 510 g/mol. The minimum Gasteiger partial charge on any atom is -1.00 e. The summed E-state index contributed by atoms with van der Waals surface area (Å²) in [6.07, 6.45) is 13.0. The molecule has 0 aromatic heterocycles. The Morgan fingerprint density at radius 3 is 1.97 bits per heavy atom. The van der Waals surface area contributed by atoms with Crippen LogP contribution in [-0.4, -0.2) is 3.21 Å². The van der Waals surface area contributed by atoms with Crippen LogP contribution in [0.4, 0.5) is 0 Å². The van der Waals surface area contributed by atoms with Gasteiger partial charge in [-0.2, -0.15) is 0 Å². The zero-order chi connectivity index (χ0) is 20.5. The van der Waals surface area contributed by atoms with Crippen molar-refractivity contribution in [3.05, 3.63) is 134 Å². The molecule has 160 valence electrons. The van der Waals surface area contributed by atoms with Crippen molar-refractivity contribution in [3.63, 3.8) is 0 Å². The molecule has 0 bridgehead atoms. The van der Waals surface area contributed by atoms with Crippen LogP contribution >= 0.6 is 0 Å². The van der Waals surface area contributed by atoms with E-state index in [4.69, 9.17) is 0 Å². The summed E-state index contributed by atoms with van der Waals surface area (Å²) in [7, 11) is 0. The zero-order valence-corrected chi connectivity index (χ0v) is 22.3. The van der Waals surface area contributed by atoms with Crippen molar-refractivity contribution in [2.24, 2.45) is 0 Å². The van der Waals surface area contributed by atoms with E-state index in [1.807, 2.05) is 0 Å². The number of benzene rings is 3. The quantitative estimate of drug-likeness (QED) is 0.469. The third-order valence-electron chi connectivity index (χ3n) is 6.33. The van der Waals surface area contributed by atoms with E-state index in [1.54, 1.807) is 6.49 Å². The number of aryl methyl sites for hydroxylation is 2. The number of fused-ring (bicyclic) bond motifs is 1. The molecule has 0 heterocycles. The number of hydrogen-bond donors (Lipinski definition) is 0. The Morgan fingerprint density at radius 1 is 0.781 bits per heavy atom. The van der Waals surface area contributed by atoms with Gasteiger partial charge in [-0.1, -0.05) is 0 Å². The molecule has 0 amide bonds. The largest absolute Gasteiger partial charge is 1.00 e. The monoisotopic (exact) mass is 534 g/mol. The van der Waals surface area contributed by atoms with Crippen LogP contribution in [0.25, 0.3) is 6.08 Å². The summed E-state index contributed by atoms with van der Waals surface area (Å²) < 4.78 is 3.89. The average Bonchev–Trinajstić information content (AvgIpc) is 3.44. The number of allylic oxidation sites excluding steroid dienone is 5. The molecule has 0 fully saturated rings. The zero-order valence-electron chi connectivity index (χ0n) is 18.4. The number of rotatable bonds is 4. The minimum absolute atomic E-state index is 0. The molecule has 0 saturated heterocycles. The van der Waals surface area contributed by atoms with Gasteiger partial charge >= 0.3 is 188 Å². The second kappa shape index (κ2) is 10.9. The molecule has 0 nitrogen and oxygen atoms in total. The van der Waals surface area contributed by atoms with Gasteiger partial charge in [-0.3, -0.25) is 0 Å². The topological polar surface area (TPSA) is 0 Å². The first kappa shape index (κ1) is 24.8. The fourth-order valence-electron chi connectivity index (χ4n) is 4.81. The SMILES string of the molecule is Cc1ccccc1[C](c1ccccc1C)=[Zr+2]([C]1=CC=CC1)[CH]1C=Cc2ccccc21.[Cl-].[Cl-]. The van der Waals surface area contributed by atoms with Crippen molar-refractivity contribution < 1.29 is 46.1 Å². The van der Waals surface area contributed by atoms with Gasteiger partial charge in [0, 0.05) is 0 Å². The Hall–Kier alpha value is -1.79. The standard InChI is InChI=1S/C15H14.C9H7.C5H5.2ClH.Zr/c1-12-7-3-5-9-14(12)11-15-10-6-4-8-13(15)2;1-2-5-9-7-3-6-8(9)4-1;1-2-4-5-3-1;;;/h3-10H,1-2H3;1-7H;1-3H,4H2;2*1H;/q;;;;;+2/p-2. The molecule has 32 heavy (non-hydrogen) atoms. The van der Waals surface area contributed by atoms with Crippen molar-refractivity contribution >= 4 is 9.28 Å². The molecule has 0 N–H and O–H groups in total. The van der Waals surface area contributed by atoms with Crippen LogP contribution in [0.3, 0.4) is 0 Å². The summed E-state index contributed by atoms with van der Waals surface area (Å²) in [6, 6.07) is 27.0. The fraction of sp³-hybridized carbons (Fsp3) is 0.138. The maximum atomic E-state index is 2.51. The van der Waals surface area contributed by atoms with Gasteiger partial charge in [0.05, 0.1) is 0 Å². The van der Waals surface area contributed by atoms with Crippen molar-refractivity contribution in [1.82, 2.24) is 0 Å². The number of halogens is 2. The second-order valence-corrected chi connectivity index (χ2v) is 14.6. The summed E-state index contributed by atoms with van der Waals surface area (Å²) in [6.45, 7) is 4.54. The van der Waals surface area contributed by atoms with Crippen molar-refractivity contribution in [2.45, 2.75) is 23.9 Å². The molecule has 1 unspecified atom stereocenters. The molecule has 0 saturated carbocycles. The van der Waals surface area contributed by atoms with Crippen LogP contribution in [-0.2, 0) is 21.3 Å². The molecule has 0 radical (unpaired) electrons. The maximum Gasteiger partial charge on any atom is -1.00 e. The Labute approximate surface area is 211 Å². The predicted molar refractivity (Wildman–Crippen MR) is 126 cm³/mol. The summed E-state index contributed by atoms with van der Waals surface area (Å²) in [5, 5.41) is 0. The normalized spacial score (nSPS) is 15.2. The van der Waals surface area contributed by atoms with Gasteiger partial charge < -0.3 is 24.8 Å². The molecule has 3 heteroatoms. The van der Waals surface area contributed by atoms with E-state index in [-0.39, 0.29) is 24.8 Å². The molecule has 2 aliphatic rings. The van der Waals surface area contributed by atoms with Crippen LogP contribution in [0.5, 0.6) is 0 Å². The molecule has 0 aliphatic heterocycles.